The summed E-state index contributed by atoms with van der Waals surface area (Å²) in [5.41, 5.74) is 5.06. The van der Waals surface area contributed by atoms with Gasteiger partial charge in [0.1, 0.15) is 30.3 Å². The fourth-order valence-electron chi connectivity index (χ4n) is 4.72. The first-order valence-corrected chi connectivity index (χ1v) is 13.6. The average Bonchev–Trinajstić information content (AvgIpc) is 3.41. The molecular weight excluding hydrogens is 556 g/mol. The number of nitrogens with zero attached hydrogens (tertiary/aromatic N) is 2. The molecule has 4 aromatic rings. The molecule has 4 amide bonds. The Morgan fingerprint density at radius 2 is 1.71 bits per heavy atom. The van der Waals surface area contributed by atoms with Gasteiger partial charge in [-0.2, -0.15) is 0 Å². The summed E-state index contributed by atoms with van der Waals surface area (Å²) in [6, 6.07) is 23.4. The third-order valence-corrected chi connectivity index (χ3v) is 7.08. The number of carbonyl (C=O) groups excluding carboxylic acids is 3. The normalized spacial score (nSPS) is 13.8. The van der Waals surface area contributed by atoms with Gasteiger partial charge in [0, 0.05) is 22.1 Å². The van der Waals surface area contributed by atoms with Gasteiger partial charge in [-0.05, 0) is 85.6 Å². The Labute approximate surface area is 248 Å². The van der Waals surface area contributed by atoms with E-state index in [2.05, 4.69) is 15.2 Å². The van der Waals surface area contributed by atoms with Crippen LogP contribution in [0.15, 0.2) is 84.6 Å². The van der Waals surface area contributed by atoms with Crippen molar-refractivity contribution in [2.24, 2.45) is 0 Å². The van der Waals surface area contributed by atoms with E-state index in [0.29, 0.717) is 23.1 Å². The zero-order valence-electron chi connectivity index (χ0n) is 23.3. The van der Waals surface area contributed by atoms with E-state index < -0.39 is 24.4 Å². The minimum atomic E-state index is -0.663. The number of hydrogen-bond donors (Lipinski definition) is 2. The molecule has 10 heteroatoms. The molecule has 214 valence electrons. The summed E-state index contributed by atoms with van der Waals surface area (Å²) in [5.74, 6) is 0.0943. The lowest BCUT2D eigenvalue weighted by Crippen LogP contribution is -2.38. The fraction of sp³-hybridized carbons (Fsp3) is 0.156. The van der Waals surface area contributed by atoms with Crippen molar-refractivity contribution >= 4 is 41.2 Å². The number of aryl methyl sites for hydroxylation is 1. The van der Waals surface area contributed by atoms with Gasteiger partial charge in [-0.15, -0.1) is 0 Å². The lowest BCUT2D eigenvalue weighted by atomic mass is 10.2. The lowest BCUT2D eigenvalue weighted by molar-refractivity contribution is -0.127. The van der Waals surface area contributed by atoms with Gasteiger partial charge < -0.3 is 24.7 Å². The quantitative estimate of drug-likeness (QED) is 0.189. The Balaban J connectivity index is 1.27. The van der Waals surface area contributed by atoms with E-state index in [1.807, 2.05) is 68.4 Å². The number of hydrogen-bond acceptors (Lipinski definition) is 5. The summed E-state index contributed by atoms with van der Waals surface area (Å²) in [4.78, 5) is 39.2. The Morgan fingerprint density at radius 3 is 2.43 bits per heavy atom. The van der Waals surface area contributed by atoms with E-state index in [9.17, 15) is 14.4 Å². The number of imide groups is 1. The van der Waals surface area contributed by atoms with Gasteiger partial charge in [0.05, 0.1) is 12.8 Å². The molecule has 0 bridgehead atoms. The molecule has 5 rings (SSSR count). The molecule has 0 atom stereocenters. The monoisotopic (exact) mass is 584 g/mol. The average molecular weight is 585 g/mol. The molecular formula is C32H29ClN4O5. The van der Waals surface area contributed by atoms with Crippen molar-refractivity contribution in [3.8, 4) is 17.2 Å². The van der Waals surface area contributed by atoms with Crippen LogP contribution in [-0.2, 0) is 16.2 Å². The number of anilines is 1. The first kappa shape index (κ1) is 28.5. The van der Waals surface area contributed by atoms with Crippen LogP contribution in [0.1, 0.15) is 22.5 Å². The number of carbonyl (C=O) groups is 3. The van der Waals surface area contributed by atoms with Gasteiger partial charge in [0.15, 0.2) is 0 Å². The number of halogens is 1. The lowest BCUT2D eigenvalue weighted by Gasteiger charge is -2.13. The Kier molecular flexibility index (Phi) is 8.31. The summed E-state index contributed by atoms with van der Waals surface area (Å²) >= 11 is 5.95. The van der Waals surface area contributed by atoms with E-state index >= 15 is 0 Å². The van der Waals surface area contributed by atoms with E-state index in [0.717, 1.165) is 38.9 Å². The molecule has 1 aromatic heterocycles. The molecule has 1 aliphatic heterocycles. The number of amides is 4. The second-order valence-electron chi connectivity index (χ2n) is 9.70. The number of aromatic nitrogens is 1. The Bertz CT molecular complexity index is 1680. The van der Waals surface area contributed by atoms with Crippen LogP contribution < -0.4 is 20.1 Å². The number of nitrogens with one attached hydrogen (secondary N) is 2. The summed E-state index contributed by atoms with van der Waals surface area (Å²) < 4.78 is 13.2. The predicted octanol–water partition coefficient (Wildman–Crippen LogP) is 5.87. The predicted molar refractivity (Wildman–Crippen MR) is 161 cm³/mol. The topological polar surface area (TPSA) is 102 Å². The van der Waals surface area contributed by atoms with Crippen LogP contribution in [0.5, 0.6) is 11.5 Å². The van der Waals surface area contributed by atoms with Gasteiger partial charge in [0.25, 0.3) is 5.91 Å². The third kappa shape index (κ3) is 6.16. The number of benzene rings is 3. The molecule has 3 aromatic carbocycles. The minimum Gasteiger partial charge on any atom is -0.495 e. The summed E-state index contributed by atoms with van der Waals surface area (Å²) in [5, 5.41) is 5.95. The highest BCUT2D eigenvalue weighted by molar-refractivity contribution is 6.30. The molecule has 0 unspecified atom stereocenters. The Hall–Kier alpha value is -5.02. The smallest absolute Gasteiger partial charge is 0.329 e. The van der Waals surface area contributed by atoms with Gasteiger partial charge >= 0.3 is 6.03 Å². The molecule has 1 saturated heterocycles. The van der Waals surface area contributed by atoms with Crippen LogP contribution in [0.2, 0.25) is 5.02 Å². The maximum absolute atomic E-state index is 13.1. The third-order valence-electron chi connectivity index (χ3n) is 6.83. The summed E-state index contributed by atoms with van der Waals surface area (Å²) in [6.07, 6.45) is 1.63. The SMILES string of the molecule is COc1ccccc1NC(=O)CN1C(=O)N/C(=C/c2cc(C)n(-c3ccc(OCc4ccc(Cl)cc4)cc3)c2C)C1=O. The van der Waals surface area contributed by atoms with Gasteiger partial charge in [0.2, 0.25) is 5.91 Å². The molecule has 0 spiro atoms. The van der Waals surface area contributed by atoms with Crippen LogP contribution in [0.25, 0.3) is 11.8 Å². The minimum absolute atomic E-state index is 0.0938. The van der Waals surface area contributed by atoms with Crippen LogP contribution >= 0.6 is 11.6 Å². The second kappa shape index (κ2) is 12.2. The molecule has 1 fully saturated rings. The molecule has 2 heterocycles. The van der Waals surface area contributed by atoms with Gasteiger partial charge in [-0.3, -0.25) is 9.59 Å². The number of urea groups is 1. The van der Waals surface area contributed by atoms with Crippen molar-refractivity contribution in [3.05, 3.63) is 112 Å². The second-order valence-corrected chi connectivity index (χ2v) is 10.1. The first-order valence-electron chi connectivity index (χ1n) is 13.2. The van der Waals surface area contributed by atoms with Crippen molar-refractivity contribution in [1.82, 2.24) is 14.8 Å². The van der Waals surface area contributed by atoms with Crippen LogP contribution in [-0.4, -0.2) is 41.0 Å². The standard InChI is InChI=1S/C32H29ClN4O5/c1-20-16-23(21(2)37(20)25-12-14-26(15-13-25)42-19-22-8-10-24(33)11-9-22)17-28-31(39)36(32(40)35-28)18-30(38)34-27-6-4-5-7-29(27)41-3/h4-17H,18-19H2,1-3H3,(H,34,38)(H,35,40)/b28-17+. The fourth-order valence-corrected chi connectivity index (χ4v) is 4.85. The van der Waals surface area contributed by atoms with Crippen molar-refractivity contribution in [3.63, 3.8) is 0 Å². The molecule has 1 aliphatic rings. The van der Waals surface area contributed by atoms with Crippen LogP contribution in [0, 0.1) is 13.8 Å². The van der Waals surface area contributed by atoms with Crippen molar-refractivity contribution < 1.29 is 23.9 Å². The molecule has 0 radical (unpaired) electrons. The van der Waals surface area contributed by atoms with Gasteiger partial charge in [-0.25, -0.2) is 9.69 Å². The van der Waals surface area contributed by atoms with E-state index in [1.54, 1.807) is 30.3 Å². The number of para-hydroxylation sites is 2. The van der Waals surface area contributed by atoms with E-state index in [-0.39, 0.29) is 5.70 Å². The first-order chi connectivity index (χ1) is 20.2. The molecule has 0 aliphatic carbocycles. The molecule has 0 saturated carbocycles. The largest absolute Gasteiger partial charge is 0.495 e. The maximum Gasteiger partial charge on any atom is 0.329 e. The van der Waals surface area contributed by atoms with Crippen LogP contribution in [0.4, 0.5) is 10.5 Å². The number of methoxy groups -OCH3 is 1. The van der Waals surface area contributed by atoms with E-state index in [4.69, 9.17) is 21.1 Å². The molecule has 2 N–H and O–H groups in total. The highest BCUT2D eigenvalue weighted by atomic mass is 35.5. The zero-order valence-corrected chi connectivity index (χ0v) is 24.1. The summed E-state index contributed by atoms with van der Waals surface area (Å²) in [6.45, 7) is 3.88. The number of ether oxygens (including phenoxy) is 2. The zero-order chi connectivity index (χ0) is 29.8. The Morgan fingerprint density at radius 1 is 1.00 bits per heavy atom. The molecule has 42 heavy (non-hydrogen) atoms. The highest BCUT2D eigenvalue weighted by Crippen LogP contribution is 2.26. The maximum atomic E-state index is 13.1. The van der Waals surface area contributed by atoms with Gasteiger partial charge in [-0.1, -0.05) is 35.9 Å². The van der Waals surface area contributed by atoms with Crippen molar-refractivity contribution in [2.45, 2.75) is 20.5 Å². The highest BCUT2D eigenvalue weighted by Gasteiger charge is 2.35. The van der Waals surface area contributed by atoms with Crippen molar-refractivity contribution in [1.29, 1.82) is 0 Å². The number of rotatable bonds is 9. The van der Waals surface area contributed by atoms with Crippen LogP contribution in [0.3, 0.4) is 0 Å². The van der Waals surface area contributed by atoms with E-state index in [1.165, 1.54) is 7.11 Å². The van der Waals surface area contributed by atoms with Crippen molar-refractivity contribution in [2.75, 3.05) is 19.0 Å². The summed E-state index contributed by atoms with van der Waals surface area (Å²) in [7, 11) is 1.49. The molecule has 9 nitrogen and oxygen atoms in total.